The number of hydrogen-bond acceptors (Lipinski definition) is 6. The molecule has 1 saturated carbocycles. The summed E-state index contributed by atoms with van der Waals surface area (Å²) in [5.41, 5.74) is 2.54. The Kier molecular flexibility index (Phi) is 4.64. The van der Waals surface area contributed by atoms with Crippen LogP contribution in [0.25, 0.3) is 21.3 Å². The number of nitrogens with one attached hydrogen (secondary N) is 1. The topological polar surface area (TPSA) is 71.0 Å². The monoisotopic (exact) mass is 441 g/mol. The summed E-state index contributed by atoms with van der Waals surface area (Å²) in [5, 5.41) is 5.32. The molecule has 160 valence electrons. The molecular formula is C25H23N5OS. The maximum Gasteiger partial charge on any atom is 0.274 e. The maximum absolute atomic E-state index is 13.6. The molecule has 1 aliphatic carbocycles. The van der Waals surface area contributed by atoms with Crippen molar-refractivity contribution in [2.75, 3.05) is 18.4 Å². The lowest BCUT2D eigenvalue weighted by molar-refractivity contribution is 0.0711. The van der Waals surface area contributed by atoms with Crippen LogP contribution in [0.2, 0.25) is 0 Å². The lowest BCUT2D eigenvalue weighted by atomic mass is 10.1. The van der Waals surface area contributed by atoms with E-state index in [2.05, 4.69) is 20.3 Å². The number of carbonyl (C=O) groups is 1. The normalized spacial score (nSPS) is 21.5. The Labute approximate surface area is 190 Å². The predicted molar refractivity (Wildman–Crippen MR) is 127 cm³/mol. The third-order valence-corrected chi connectivity index (χ3v) is 7.51. The molecule has 2 aliphatic rings. The van der Waals surface area contributed by atoms with Crippen molar-refractivity contribution < 1.29 is 4.79 Å². The molecule has 0 spiro atoms. The van der Waals surface area contributed by atoms with Crippen LogP contribution in [0.3, 0.4) is 0 Å². The molecule has 2 aromatic carbocycles. The molecule has 1 saturated heterocycles. The second-order valence-corrected chi connectivity index (χ2v) is 9.80. The third-order valence-electron chi connectivity index (χ3n) is 6.49. The van der Waals surface area contributed by atoms with Gasteiger partial charge in [-0.15, -0.1) is 11.3 Å². The van der Waals surface area contributed by atoms with E-state index in [1.165, 1.54) is 6.42 Å². The summed E-state index contributed by atoms with van der Waals surface area (Å²) in [6.07, 6.45) is 3.03. The van der Waals surface area contributed by atoms with Crippen molar-refractivity contribution >= 4 is 34.1 Å². The number of piperidine rings is 1. The number of anilines is 1. The number of rotatable bonds is 5. The number of fused-ring (bicyclic) bond motifs is 2. The SMILES string of the molecule is Cc1nc(C(=O)N2CC3CC3C2CNc2ncc3ccccc3n2)c(-c2ccccc2)s1. The predicted octanol–water partition coefficient (Wildman–Crippen LogP) is 4.63. The Morgan fingerprint density at radius 2 is 1.94 bits per heavy atom. The van der Waals surface area contributed by atoms with Crippen molar-refractivity contribution in [3.05, 3.63) is 71.5 Å². The first-order chi connectivity index (χ1) is 15.7. The Hall–Kier alpha value is -3.32. The molecule has 1 amide bonds. The molecule has 1 aliphatic heterocycles. The largest absolute Gasteiger partial charge is 0.352 e. The number of para-hydroxylation sites is 1. The number of amides is 1. The summed E-state index contributed by atoms with van der Waals surface area (Å²) in [7, 11) is 0. The number of likely N-dealkylation sites (tertiary alicyclic amines) is 1. The highest BCUT2D eigenvalue weighted by Crippen LogP contribution is 2.50. The lowest BCUT2D eigenvalue weighted by Gasteiger charge is -2.27. The number of thiazole rings is 1. The molecule has 6 nitrogen and oxygen atoms in total. The Balaban J connectivity index is 1.24. The van der Waals surface area contributed by atoms with Gasteiger partial charge in [-0.2, -0.15) is 0 Å². The highest BCUT2D eigenvalue weighted by Gasteiger charge is 2.54. The number of benzene rings is 2. The van der Waals surface area contributed by atoms with Gasteiger partial charge in [-0.3, -0.25) is 4.79 Å². The van der Waals surface area contributed by atoms with Crippen LogP contribution in [-0.2, 0) is 0 Å². The van der Waals surface area contributed by atoms with E-state index in [1.807, 2.05) is 72.6 Å². The molecule has 0 radical (unpaired) electrons. The number of hydrogen-bond donors (Lipinski definition) is 1. The molecule has 6 rings (SSSR count). The highest BCUT2D eigenvalue weighted by atomic mass is 32.1. The van der Waals surface area contributed by atoms with Gasteiger partial charge in [0.15, 0.2) is 0 Å². The van der Waals surface area contributed by atoms with E-state index in [9.17, 15) is 4.79 Å². The van der Waals surface area contributed by atoms with Gasteiger partial charge in [0.2, 0.25) is 5.95 Å². The molecule has 7 heteroatoms. The van der Waals surface area contributed by atoms with E-state index in [4.69, 9.17) is 0 Å². The van der Waals surface area contributed by atoms with Gasteiger partial charge >= 0.3 is 0 Å². The van der Waals surface area contributed by atoms with Gasteiger partial charge in [0.1, 0.15) is 5.69 Å². The van der Waals surface area contributed by atoms with E-state index in [0.717, 1.165) is 32.9 Å². The van der Waals surface area contributed by atoms with Crippen molar-refractivity contribution in [2.24, 2.45) is 11.8 Å². The van der Waals surface area contributed by atoms with Gasteiger partial charge in [-0.1, -0.05) is 48.5 Å². The van der Waals surface area contributed by atoms with Crippen molar-refractivity contribution in [3.63, 3.8) is 0 Å². The summed E-state index contributed by atoms with van der Waals surface area (Å²) in [5.74, 6) is 1.79. The van der Waals surface area contributed by atoms with Crippen LogP contribution in [0.5, 0.6) is 0 Å². The van der Waals surface area contributed by atoms with Crippen molar-refractivity contribution in [3.8, 4) is 10.4 Å². The fraction of sp³-hybridized carbons (Fsp3) is 0.280. The summed E-state index contributed by atoms with van der Waals surface area (Å²) in [4.78, 5) is 30.3. The van der Waals surface area contributed by atoms with Crippen molar-refractivity contribution in [2.45, 2.75) is 19.4 Å². The van der Waals surface area contributed by atoms with Crippen LogP contribution in [-0.4, -0.2) is 44.9 Å². The summed E-state index contributed by atoms with van der Waals surface area (Å²) in [6, 6.07) is 18.2. The minimum absolute atomic E-state index is 0.0339. The lowest BCUT2D eigenvalue weighted by Crippen LogP contribution is -2.42. The summed E-state index contributed by atoms with van der Waals surface area (Å²) in [6.45, 7) is 3.42. The van der Waals surface area contributed by atoms with Gasteiger partial charge in [-0.25, -0.2) is 15.0 Å². The number of nitrogens with zero attached hydrogens (tertiary/aromatic N) is 4. The van der Waals surface area contributed by atoms with Gasteiger partial charge in [-0.05, 0) is 36.8 Å². The van der Waals surface area contributed by atoms with Crippen LogP contribution in [0.15, 0.2) is 60.8 Å². The molecule has 0 bridgehead atoms. The molecule has 3 unspecified atom stereocenters. The zero-order chi connectivity index (χ0) is 21.7. The highest BCUT2D eigenvalue weighted by molar-refractivity contribution is 7.15. The second-order valence-electron chi connectivity index (χ2n) is 8.59. The molecule has 4 aromatic rings. The van der Waals surface area contributed by atoms with Crippen LogP contribution in [0.4, 0.5) is 5.95 Å². The van der Waals surface area contributed by atoms with Gasteiger partial charge in [0.05, 0.1) is 21.4 Å². The average molecular weight is 442 g/mol. The zero-order valence-electron chi connectivity index (χ0n) is 17.7. The van der Waals surface area contributed by atoms with E-state index in [1.54, 1.807) is 11.3 Å². The molecule has 2 aromatic heterocycles. The third kappa shape index (κ3) is 3.42. The summed E-state index contributed by atoms with van der Waals surface area (Å²) >= 11 is 1.58. The standard InChI is InChI=1S/C25H23N5OS/c1-15-28-22(23(32-15)16-7-3-2-4-8-16)24(31)30-14-18-11-19(18)21(30)13-27-25-26-12-17-9-5-6-10-20(17)29-25/h2-10,12,18-19,21H,11,13-14H2,1H3,(H,26,27,29). The van der Waals surface area contributed by atoms with Gasteiger partial charge < -0.3 is 10.2 Å². The van der Waals surface area contributed by atoms with Crippen LogP contribution < -0.4 is 5.32 Å². The smallest absolute Gasteiger partial charge is 0.274 e. The summed E-state index contributed by atoms with van der Waals surface area (Å²) < 4.78 is 0. The first-order valence-electron chi connectivity index (χ1n) is 11.0. The quantitative estimate of drug-likeness (QED) is 0.489. The van der Waals surface area contributed by atoms with E-state index >= 15 is 0 Å². The van der Waals surface area contributed by atoms with Crippen LogP contribution in [0, 0.1) is 18.8 Å². The Morgan fingerprint density at radius 3 is 2.81 bits per heavy atom. The molecule has 2 fully saturated rings. The molecule has 32 heavy (non-hydrogen) atoms. The molecular weight excluding hydrogens is 418 g/mol. The Morgan fingerprint density at radius 1 is 1.12 bits per heavy atom. The maximum atomic E-state index is 13.6. The van der Waals surface area contributed by atoms with Crippen LogP contribution in [0.1, 0.15) is 21.9 Å². The average Bonchev–Trinajstić information content (AvgIpc) is 3.34. The van der Waals surface area contributed by atoms with Gasteiger partial charge in [0, 0.05) is 24.7 Å². The fourth-order valence-electron chi connectivity index (χ4n) is 4.81. The van der Waals surface area contributed by atoms with Gasteiger partial charge in [0.25, 0.3) is 5.91 Å². The Bertz CT molecular complexity index is 1300. The number of aromatic nitrogens is 3. The molecule has 3 heterocycles. The number of aryl methyl sites for hydroxylation is 1. The fourth-order valence-corrected chi connectivity index (χ4v) is 5.73. The first kappa shape index (κ1) is 19.4. The molecule has 1 N–H and O–H groups in total. The first-order valence-corrected chi connectivity index (χ1v) is 11.8. The molecule has 3 atom stereocenters. The van der Waals surface area contributed by atoms with Crippen molar-refractivity contribution in [1.82, 2.24) is 19.9 Å². The van der Waals surface area contributed by atoms with E-state index < -0.39 is 0 Å². The van der Waals surface area contributed by atoms with Crippen LogP contribution >= 0.6 is 11.3 Å². The minimum Gasteiger partial charge on any atom is -0.352 e. The minimum atomic E-state index is 0.0339. The van der Waals surface area contributed by atoms with Crippen molar-refractivity contribution in [1.29, 1.82) is 0 Å². The van der Waals surface area contributed by atoms with E-state index in [0.29, 0.717) is 30.0 Å². The van der Waals surface area contributed by atoms with E-state index in [-0.39, 0.29) is 11.9 Å². The second kappa shape index (κ2) is 7.67. The zero-order valence-corrected chi connectivity index (χ0v) is 18.5. The number of carbonyl (C=O) groups excluding carboxylic acids is 1.